The summed E-state index contributed by atoms with van der Waals surface area (Å²) in [6.07, 6.45) is 3.89. The van der Waals surface area contributed by atoms with E-state index < -0.39 is 8.03 Å². The van der Waals surface area contributed by atoms with Crippen molar-refractivity contribution in [3.05, 3.63) is 11.6 Å². The third kappa shape index (κ3) is 5.38. The van der Waals surface area contributed by atoms with Crippen molar-refractivity contribution in [1.82, 2.24) is 5.48 Å². The maximum atomic E-state index is 10.5. The number of rotatable bonds is 4. The van der Waals surface area contributed by atoms with Gasteiger partial charge in [0.2, 0.25) is 0 Å². The minimum absolute atomic E-state index is 0.147. The van der Waals surface area contributed by atoms with Crippen LogP contribution >= 0.6 is 8.03 Å². The zero-order valence-corrected chi connectivity index (χ0v) is 10.3. The van der Waals surface area contributed by atoms with Crippen LogP contribution in [0.15, 0.2) is 11.6 Å². The highest BCUT2D eigenvalue weighted by Gasteiger charge is 2.21. The zero-order chi connectivity index (χ0) is 11.5. The first-order valence-electron chi connectivity index (χ1n) is 5.12. The molecule has 0 radical (unpaired) electrons. The minimum atomic E-state index is -2.30. The van der Waals surface area contributed by atoms with Crippen molar-refractivity contribution in [2.75, 3.05) is 6.16 Å². The first-order chi connectivity index (χ1) is 6.87. The maximum Gasteiger partial charge on any atom is 0.313 e. The zero-order valence-electron chi connectivity index (χ0n) is 9.45. The third-order valence-electron chi connectivity index (χ3n) is 2.06. The molecular weight excluding hydrogens is 213 g/mol. The molecule has 1 N–H and O–H groups in total. The Morgan fingerprint density at radius 2 is 2.33 bits per heavy atom. The van der Waals surface area contributed by atoms with Crippen LogP contribution in [0.1, 0.15) is 33.6 Å². The predicted molar refractivity (Wildman–Crippen MR) is 57.6 cm³/mol. The van der Waals surface area contributed by atoms with Crippen LogP contribution in [-0.2, 0) is 9.40 Å². The summed E-state index contributed by atoms with van der Waals surface area (Å²) in [7, 11) is -2.30. The molecule has 1 aliphatic carbocycles. The molecule has 1 aliphatic rings. The molecule has 15 heavy (non-hydrogen) atoms. The van der Waals surface area contributed by atoms with Crippen molar-refractivity contribution < 1.29 is 14.3 Å². The molecule has 0 bridgehead atoms. The van der Waals surface area contributed by atoms with E-state index >= 15 is 0 Å². The predicted octanol–water partition coefficient (Wildman–Crippen LogP) is 1.50. The Kier molecular flexibility index (Phi) is 4.41. The van der Waals surface area contributed by atoms with Crippen molar-refractivity contribution in [2.45, 2.75) is 45.3 Å². The van der Waals surface area contributed by atoms with Gasteiger partial charge in [-0.15, -0.1) is 0 Å². The summed E-state index contributed by atoms with van der Waals surface area (Å²) in [4.78, 5) is 15.9. The molecule has 0 aromatic carbocycles. The average Bonchev–Trinajstić information content (AvgIpc) is 2.46. The second-order valence-corrected chi connectivity index (χ2v) is 5.77. The number of allylic oxidation sites excluding steroid dienone is 1. The molecule has 0 aromatic rings. The van der Waals surface area contributed by atoms with Crippen LogP contribution in [0.2, 0.25) is 0 Å². The molecule has 0 aliphatic heterocycles. The summed E-state index contributed by atoms with van der Waals surface area (Å²) in [6, 6.07) is 0.147. The summed E-state index contributed by atoms with van der Waals surface area (Å²) in [5.74, 6) is 0. The van der Waals surface area contributed by atoms with E-state index in [2.05, 4.69) is 5.48 Å². The molecular formula is C10H18NO3P. The summed E-state index contributed by atoms with van der Waals surface area (Å²) in [6.45, 7) is 5.90. The van der Waals surface area contributed by atoms with Gasteiger partial charge in [0.25, 0.3) is 0 Å². The fourth-order valence-electron chi connectivity index (χ4n) is 1.44. The van der Waals surface area contributed by atoms with Crippen LogP contribution in [0, 0.1) is 0 Å². The lowest BCUT2D eigenvalue weighted by Gasteiger charge is -2.21. The fraction of sp³-hybridized carbons (Fsp3) is 0.800. The Morgan fingerprint density at radius 1 is 1.67 bits per heavy atom. The first-order valence-corrected chi connectivity index (χ1v) is 6.48. The Morgan fingerprint density at radius 3 is 2.87 bits per heavy atom. The molecule has 5 heteroatoms. The Hall–Kier alpha value is -0.280. The van der Waals surface area contributed by atoms with Crippen molar-refractivity contribution in [1.29, 1.82) is 0 Å². The normalized spacial score (nSPS) is 22.8. The van der Waals surface area contributed by atoms with E-state index in [0.29, 0.717) is 0 Å². The molecule has 0 fully saturated rings. The highest BCUT2D eigenvalue weighted by molar-refractivity contribution is 7.36. The van der Waals surface area contributed by atoms with Gasteiger partial charge in [-0.3, -0.25) is 4.84 Å². The second-order valence-electron chi connectivity index (χ2n) is 4.79. The van der Waals surface area contributed by atoms with Crippen LogP contribution < -0.4 is 10.4 Å². The second kappa shape index (κ2) is 5.17. The van der Waals surface area contributed by atoms with Gasteiger partial charge in [0.05, 0.1) is 11.6 Å². The van der Waals surface area contributed by atoms with Crippen LogP contribution in [0.4, 0.5) is 0 Å². The van der Waals surface area contributed by atoms with Crippen LogP contribution in [0.25, 0.3) is 0 Å². The SMILES string of the molecule is CC(C)(C)ONC1C=C(C[P+](=O)[O-])CC1. The Bertz CT molecular complexity index is 270. The monoisotopic (exact) mass is 231 g/mol. The van der Waals surface area contributed by atoms with Gasteiger partial charge in [-0.25, -0.2) is 0 Å². The smallest absolute Gasteiger partial charge is 0.313 e. The largest absolute Gasteiger partial charge is 0.595 e. The average molecular weight is 231 g/mol. The molecule has 0 saturated heterocycles. The molecule has 0 heterocycles. The van der Waals surface area contributed by atoms with Crippen LogP contribution in [0.5, 0.6) is 0 Å². The topological polar surface area (TPSA) is 61.4 Å². The fourth-order valence-corrected chi connectivity index (χ4v) is 2.03. The Balaban J connectivity index is 2.34. The third-order valence-corrected chi connectivity index (χ3v) is 2.73. The molecule has 1 rings (SSSR count). The molecule has 2 unspecified atom stereocenters. The standard InChI is InChI=1S/C10H18NO3P/c1-10(2,3)14-11-9-5-4-8(6-9)7-15(12)13/h6,9,11H,4-5,7H2,1-3H3. The first kappa shape index (κ1) is 12.8. The molecule has 4 nitrogen and oxygen atoms in total. The van der Waals surface area contributed by atoms with Crippen molar-refractivity contribution >= 4 is 8.03 Å². The van der Waals surface area contributed by atoms with E-state index in [1.807, 2.05) is 26.8 Å². The van der Waals surface area contributed by atoms with Gasteiger partial charge in [-0.1, -0.05) is 10.6 Å². The molecule has 86 valence electrons. The van der Waals surface area contributed by atoms with Crippen LogP contribution in [0.3, 0.4) is 0 Å². The number of hydrogen-bond acceptors (Lipinski definition) is 4. The molecule has 0 saturated carbocycles. The van der Waals surface area contributed by atoms with Gasteiger partial charge in [0, 0.05) is 0 Å². The molecule has 2 atom stereocenters. The molecule has 0 aromatic heterocycles. The quantitative estimate of drug-likeness (QED) is 0.452. The lowest BCUT2D eigenvalue weighted by Crippen LogP contribution is -2.34. The lowest BCUT2D eigenvalue weighted by molar-refractivity contribution is -0.163. The van der Waals surface area contributed by atoms with E-state index in [9.17, 15) is 9.46 Å². The molecule has 0 amide bonds. The van der Waals surface area contributed by atoms with E-state index in [4.69, 9.17) is 4.84 Å². The summed E-state index contributed by atoms with van der Waals surface area (Å²) >= 11 is 0. The van der Waals surface area contributed by atoms with E-state index in [1.54, 1.807) is 0 Å². The van der Waals surface area contributed by atoms with Gasteiger partial charge in [0.1, 0.15) is 0 Å². The van der Waals surface area contributed by atoms with Crippen molar-refractivity contribution in [2.24, 2.45) is 0 Å². The highest BCUT2D eigenvalue weighted by Crippen LogP contribution is 2.25. The number of hydroxylamine groups is 1. The highest BCUT2D eigenvalue weighted by atomic mass is 31.1. The van der Waals surface area contributed by atoms with Crippen molar-refractivity contribution in [3.8, 4) is 0 Å². The Labute approximate surface area is 91.5 Å². The van der Waals surface area contributed by atoms with E-state index in [1.165, 1.54) is 0 Å². The lowest BCUT2D eigenvalue weighted by atomic mass is 10.2. The molecule has 0 spiro atoms. The van der Waals surface area contributed by atoms with Gasteiger partial charge >= 0.3 is 8.03 Å². The van der Waals surface area contributed by atoms with Gasteiger partial charge < -0.3 is 4.89 Å². The summed E-state index contributed by atoms with van der Waals surface area (Å²) < 4.78 is 10.5. The van der Waals surface area contributed by atoms with E-state index in [0.717, 1.165) is 18.4 Å². The minimum Gasteiger partial charge on any atom is -0.595 e. The van der Waals surface area contributed by atoms with E-state index in [-0.39, 0.29) is 17.8 Å². The van der Waals surface area contributed by atoms with Crippen molar-refractivity contribution in [3.63, 3.8) is 0 Å². The maximum absolute atomic E-state index is 10.5. The number of nitrogens with one attached hydrogen (secondary N) is 1. The van der Waals surface area contributed by atoms with Gasteiger partial charge in [0.15, 0.2) is 6.16 Å². The van der Waals surface area contributed by atoms with Gasteiger partial charge in [-0.05, 0) is 39.2 Å². The van der Waals surface area contributed by atoms with Gasteiger partial charge in [-0.2, -0.15) is 5.48 Å². The summed E-state index contributed by atoms with van der Waals surface area (Å²) in [5.41, 5.74) is 3.72. The number of hydrogen-bond donors (Lipinski definition) is 1. The van der Waals surface area contributed by atoms with Crippen LogP contribution in [-0.4, -0.2) is 17.8 Å². The summed E-state index contributed by atoms with van der Waals surface area (Å²) in [5, 5.41) is 0.